The second-order valence-electron chi connectivity index (χ2n) is 6.76. The molecule has 3 rings (SSSR count). The number of aromatic nitrogens is 1. The predicted octanol–water partition coefficient (Wildman–Crippen LogP) is 3.36. The molecule has 0 aliphatic heterocycles. The quantitative estimate of drug-likeness (QED) is 0.484. The first-order chi connectivity index (χ1) is 13.0. The molecule has 1 aliphatic rings. The number of Topliss-reactive ketones (excluding diaryl/α,β-unsaturated/α-hetero) is 1. The Morgan fingerprint density at radius 2 is 2.00 bits per heavy atom. The van der Waals surface area contributed by atoms with Crippen molar-refractivity contribution in [1.82, 2.24) is 9.88 Å². The number of ether oxygens (including phenoxy) is 1. The van der Waals surface area contributed by atoms with Gasteiger partial charge < -0.3 is 14.6 Å². The number of carbonyl (C=O) groups excluding carboxylic acids is 2. The normalized spacial score (nSPS) is 14.9. The van der Waals surface area contributed by atoms with Gasteiger partial charge in [0.25, 0.3) is 0 Å². The lowest BCUT2D eigenvalue weighted by atomic mass is 9.89. The fraction of sp³-hybridized carbons (Fsp3) is 0.364. The molecule has 27 heavy (non-hydrogen) atoms. The first-order valence-corrected chi connectivity index (χ1v) is 9.40. The number of rotatable bonds is 6. The number of esters is 1. The van der Waals surface area contributed by atoms with Gasteiger partial charge in [0, 0.05) is 36.6 Å². The van der Waals surface area contributed by atoms with Crippen LogP contribution in [0.3, 0.4) is 0 Å². The zero-order valence-corrected chi connectivity index (χ0v) is 16.2. The lowest BCUT2D eigenvalue weighted by molar-refractivity contribution is 0.0514. The minimum absolute atomic E-state index is 0.00658. The summed E-state index contributed by atoms with van der Waals surface area (Å²) < 4.78 is 6.97. The van der Waals surface area contributed by atoms with E-state index in [1.54, 1.807) is 6.92 Å². The highest BCUT2D eigenvalue weighted by molar-refractivity contribution is 6.13. The zero-order chi connectivity index (χ0) is 19.4. The van der Waals surface area contributed by atoms with Crippen LogP contribution < -0.4 is 5.32 Å². The van der Waals surface area contributed by atoms with Gasteiger partial charge in [0.2, 0.25) is 0 Å². The minimum Gasteiger partial charge on any atom is -0.461 e. The summed E-state index contributed by atoms with van der Waals surface area (Å²) in [7, 11) is 1.83. The number of benzene rings is 1. The Hall–Kier alpha value is -2.82. The average Bonchev–Trinajstić information content (AvgIpc) is 2.92. The molecule has 1 aliphatic carbocycles. The highest BCUT2D eigenvalue weighted by Gasteiger charge is 2.31. The molecule has 0 radical (unpaired) electrons. The van der Waals surface area contributed by atoms with Gasteiger partial charge in [0.1, 0.15) is 5.69 Å². The standard InChI is InChI=1S/C22H26N2O3/c1-4-27-22(26)20-15(2)19-18(24(20)3)11-10-17(21(19)25)14-23-13-12-16-8-6-5-7-9-16/h5-9,14,23H,4,10-13H2,1-3H3/b17-14-. The number of nitrogens with one attached hydrogen (secondary N) is 1. The van der Waals surface area contributed by atoms with Gasteiger partial charge in [0.15, 0.2) is 5.78 Å². The molecule has 1 aromatic heterocycles. The molecule has 1 aromatic carbocycles. The molecule has 2 aromatic rings. The molecule has 0 spiro atoms. The van der Waals surface area contributed by atoms with Gasteiger partial charge in [-0.2, -0.15) is 0 Å². The number of nitrogens with zero attached hydrogens (tertiary/aromatic N) is 1. The largest absolute Gasteiger partial charge is 0.461 e. The van der Waals surface area contributed by atoms with Gasteiger partial charge in [-0.1, -0.05) is 30.3 Å². The lowest BCUT2D eigenvalue weighted by Crippen LogP contribution is -2.19. The SMILES string of the molecule is CCOC(=O)c1c(C)c2c(n1C)CC/C(=C/NCCc1ccccc1)C2=O. The van der Waals surface area contributed by atoms with Crippen LogP contribution in [-0.4, -0.2) is 29.5 Å². The van der Waals surface area contributed by atoms with Gasteiger partial charge in [-0.15, -0.1) is 0 Å². The molecule has 5 heteroatoms. The number of hydrogen-bond acceptors (Lipinski definition) is 4. The molecule has 142 valence electrons. The summed E-state index contributed by atoms with van der Waals surface area (Å²) in [5.74, 6) is -0.363. The van der Waals surface area contributed by atoms with E-state index >= 15 is 0 Å². The van der Waals surface area contributed by atoms with Crippen molar-refractivity contribution in [2.45, 2.75) is 33.1 Å². The van der Waals surface area contributed by atoms with Crippen LogP contribution in [-0.2, 0) is 24.6 Å². The third kappa shape index (κ3) is 3.82. The highest BCUT2D eigenvalue weighted by atomic mass is 16.5. The molecular formula is C22H26N2O3. The van der Waals surface area contributed by atoms with Crippen LogP contribution >= 0.6 is 0 Å². The zero-order valence-electron chi connectivity index (χ0n) is 16.2. The summed E-state index contributed by atoms with van der Waals surface area (Å²) in [6, 6.07) is 10.2. The first kappa shape index (κ1) is 19.0. The van der Waals surface area contributed by atoms with Crippen molar-refractivity contribution >= 4 is 11.8 Å². The molecule has 0 fully saturated rings. The molecule has 1 heterocycles. The van der Waals surface area contributed by atoms with E-state index < -0.39 is 0 Å². The van der Waals surface area contributed by atoms with Crippen molar-refractivity contribution in [1.29, 1.82) is 0 Å². The van der Waals surface area contributed by atoms with Crippen molar-refractivity contribution in [2.75, 3.05) is 13.2 Å². The topological polar surface area (TPSA) is 60.3 Å². The number of fused-ring (bicyclic) bond motifs is 1. The van der Waals surface area contributed by atoms with Crippen molar-refractivity contribution in [3.63, 3.8) is 0 Å². The van der Waals surface area contributed by atoms with Gasteiger partial charge in [-0.25, -0.2) is 4.79 Å². The monoisotopic (exact) mass is 366 g/mol. The van der Waals surface area contributed by atoms with Crippen LogP contribution in [0.2, 0.25) is 0 Å². The van der Waals surface area contributed by atoms with Crippen molar-refractivity contribution < 1.29 is 14.3 Å². The van der Waals surface area contributed by atoms with E-state index in [9.17, 15) is 9.59 Å². The summed E-state index contributed by atoms with van der Waals surface area (Å²) in [6.45, 7) is 4.70. The van der Waals surface area contributed by atoms with E-state index in [1.807, 2.05) is 42.9 Å². The Bertz CT molecular complexity index is 879. The molecule has 0 unspecified atom stereocenters. The van der Waals surface area contributed by atoms with Gasteiger partial charge in [-0.05, 0) is 44.2 Å². The Morgan fingerprint density at radius 1 is 1.26 bits per heavy atom. The van der Waals surface area contributed by atoms with E-state index in [4.69, 9.17) is 4.74 Å². The second-order valence-corrected chi connectivity index (χ2v) is 6.76. The van der Waals surface area contributed by atoms with Crippen molar-refractivity contribution in [3.05, 3.63) is 70.2 Å². The third-order valence-electron chi connectivity index (χ3n) is 5.05. The van der Waals surface area contributed by atoms with Crippen LogP contribution in [0.4, 0.5) is 0 Å². The van der Waals surface area contributed by atoms with Crippen molar-refractivity contribution in [3.8, 4) is 0 Å². The molecular weight excluding hydrogens is 340 g/mol. The van der Waals surface area contributed by atoms with Crippen LogP contribution in [0.25, 0.3) is 0 Å². The van der Waals surface area contributed by atoms with E-state index in [-0.39, 0.29) is 11.8 Å². The van der Waals surface area contributed by atoms with E-state index in [2.05, 4.69) is 17.4 Å². The Labute approximate surface area is 160 Å². The van der Waals surface area contributed by atoms with Crippen LogP contribution in [0.1, 0.15) is 51.0 Å². The van der Waals surface area contributed by atoms with E-state index in [0.29, 0.717) is 29.8 Å². The van der Waals surface area contributed by atoms with E-state index in [1.165, 1.54) is 5.56 Å². The summed E-state index contributed by atoms with van der Waals surface area (Å²) >= 11 is 0. The Morgan fingerprint density at radius 3 is 2.70 bits per heavy atom. The lowest BCUT2D eigenvalue weighted by Gasteiger charge is -2.16. The molecule has 0 saturated carbocycles. The second kappa shape index (κ2) is 8.25. The van der Waals surface area contributed by atoms with Crippen molar-refractivity contribution in [2.24, 2.45) is 7.05 Å². The number of hydrogen-bond donors (Lipinski definition) is 1. The summed E-state index contributed by atoms with van der Waals surface area (Å²) in [5, 5.41) is 3.27. The first-order valence-electron chi connectivity index (χ1n) is 9.40. The average molecular weight is 366 g/mol. The van der Waals surface area contributed by atoms with Gasteiger partial charge >= 0.3 is 5.97 Å². The predicted molar refractivity (Wildman–Crippen MR) is 105 cm³/mol. The molecule has 0 saturated heterocycles. The molecule has 0 amide bonds. The maximum absolute atomic E-state index is 13.0. The van der Waals surface area contributed by atoms with Crippen LogP contribution in [0.15, 0.2) is 42.1 Å². The minimum atomic E-state index is -0.369. The summed E-state index contributed by atoms with van der Waals surface area (Å²) in [4.78, 5) is 25.2. The molecule has 0 atom stereocenters. The van der Waals surface area contributed by atoms with Gasteiger partial charge in [0.05, 0.1) is 6.61 Å². The summed E-state index contributed by atoms with van der Waals surface area (Å²) in [5.41, 5.74) is 4.79. The summed E-state index contributed by atoms with van der Waals surface area (Å²) in [6.07, 6.45) is 4.15. The Kier molecular flexibility index (Phi) is 5.79. The van der Waals surface area contributed by atoms with Crippen LogP contribution in [0, 0.1) is 6.92 Å². The smallest absolute Gasteiger partial charge is 0.355 e. The number of allylic oxidation sites excluding steroid dienone is 1. The molecule has 1 N–H and O–H groups in total. The van der Waals surface area contributed by atoms with Crippen LogP contribution in [0.5, 0.6) is 0 Å². The fourth-order valence-corrected chi connectivity index (χ4v) is 3.69. The molecule has 5 nitrogen and oxygen atoms in total. The van der Waals surface area contributed by atoms with Gasteiger partial charge in [-0.3, -0.25) is 4.79 Å². The Balaban J connectivity index is 1.74. The fourth-order valence-electron chi connectivity index (χ4n) is 3.69. The molecule has 0 bridgehead atoms. The number of carbonyl (C=O) groups is 2. The maximum Gasteiger partial charge on any atom is 0.355 e. The van der Waals surface area contributed by atoms with E-state index in [0.717, 1.165) is 30.7 Å². The maximum atomic E-state index is 13.0. The third-order valence-corrected chi connectivity index (χ3v) is 5.05. The highest BCUT2D eigenvalue weighted by Crippen LogP contribution is 2.31. The number of ketones is 1.